The van der Waals surface area contributed by atoms with Crippen molar-refractivity contribution in [1.82, 2.24) is 0 Å². The SMILES string of the molecule is C=[C]C(O)CC(C)OC. The molecular weight excluding hydrogens is 116 g/mol. The van der Waals surface area contributed by atoms with Gasteiger partial charge in [-0.2, -0.15) is 0 Å². The Morgan fingerprint density at radius 2 is 2.33 bits per heavy atom. The van der Waals surface area contributed by atoms with Crippen molar-refractivity contribution in [2.75, 3.05) is 7.11 Å². The summed E-state index contributed by atoms with van der Waals surface area (Å²) in [5.74, 6) is 0. The van der Waals surface area contributed by atoms with Gasteiger partial charge >= 0.3 is 0 Å². The summed E-state index contributed by atoms with van der Waals surface area (Å²) in [6, 6.07) is 0. The van der Waals surface area contributed by atoms with Crippen LogP contribution in [0.2, 0.25) is 0 Å². The second kappa shape index (κ2) is 4.53. The predicted molar refractivity (Wildman–Crippen MR) is 36.0 cm³/mol. The fourth-order valence-electron chi connectivity index (χ4n) is 0.494. The van der Waals surface area contributed by atoms with Crippen LogP contribution in [-0.4, -0.2) is 24.4 Å². The largest absolute Gasteiger partial charge is 0.388 e. The highest BCUT2D eigenvalue weighted by Crippen LogP contribution is 1.99. The van der Waals surface area contributed by atoms with Gasteiger partial charge in [-0.15, -0.1) is 0 Å². The lowest BCUT2D eigenvalue weighted by Gasteiger charge is -2.10. The fourth-order valence-corrected chi connectivity index (χ4v) is 0.494. The quantitative estimate of drug-likeness (QED) is 0.607. The summed E-state index contributed by atoms with van der Waals surface area (Å²) in [5.41, 5.74) is 0. The van der Waals surface area contributed by atoms with Crippen molar-refractivity contribution in [2.24, 2.45) is 0 Å². The second-order valence-corrected chi connectivity index (χ2v) is 2.00. The summed E-state index contributed by atoms with van der Waals surface area (Å²) in [6.07, 6.45) is 2.55. The molecule has 0 aromatic heterocycles. The first kappa shape index (κ1) is 8.66. The molecule has 0 rings (SSSR count). The molecule has 53 valence electrons. The predicted octanol–water partition coefficient (Wildman–Crippen LogP) is 0.761. The highest BCUT2D eigenvalue weighted by Gasteiger charge is 2.04. The van der Waals surface area contributed by atoms with Gasteiger partial charge in [0.2, 0.25) is 0 Å². The van der Waals surface area contributed by atoms with E-state index in [2.05, 4.69) is 12.7 Å². The number of methoxy groups -OCH3 is 1. The van der Waals surface area contributed by atoms with Crippen LogP contribution in [0.3, 0.4) is 0 Å². The minimum absolute atomic E-state index is 0.0780. The third kappa shape index (κ3) is 4.18. The molecular formula is C7H13O2. The summed E-state index contributed by atoms with van der Waals surface area (Å²) in [7, 11) is 1.61. The van der Waals surface area contributed by atoms with Gasteiger partial charge in [-0.1, -0.05) is 6.58 Å². The van der Waals surface area contributed by atoms with E-state index < -0.39 is 6.10 Å². The van der Waals surface area contributed by atoms with E-state index in [-0.39, 0.29) is 6.10 Å². The molecule has 2 atom stereocenters. The average Bonchev–Trinajstić information content (AvgIpc) is 1.87. The Hall–Kier alpha value is -0.340. The maximum absolute atomic E-state index is 8.91. The first-order valence-electron chi connectivity index (χ1n) is 2.94. The molecule has 0 aliphatic rings. The molecule has 2 nitrogen and oxygen atoms in total. The van der Waals surface area contributed by atoms with E-state index in [0.717, 1.165) is 0 Å². The van der Waals surface area contributed by atoms with E-state index in [9.17, 15) is 0 Å². The van der Waals surface area contributed by atoms with Crippen molar-refractivity contribution in [1.29, 1.82) is 0 Å². The second-order valence-electron chi connectivity index (χ2n) is 2.00. The van der Waals surface area contributed by atoms with Crippen molar-refractivity contribution >= 4 is 0 Å². The standard InChI is InChI=1S/C7H13O2/c1-4-7(8)5-6(2)9-3/h6-8H,1,5H2,2-3H3. The first-order valence-corrected chi connectivity index (χ1v) is 2.94. The van der Waals surface area contributed by atoms with Crippen molar-refractivity contribution in [3.05, 3.63) is 12.7 Å². The van der Waals surface area contributed by atoms with Crippen LogP contribution < -0.4 is 0 Å². The molecule has 0 amide bonds. The van der Waals surface area contributed by atoms with Crippen LogP contribution in [0.5, 0.6) is 0 Å². The van der Waals surface area contributed by atoms with E-state index in [1.165, 1.54) is 0 Å². The zero-order chi connectivity index (χ0) is 7.28. The summed E-state index contributed by atoms with van der Waals surface area (Å²) < 4.78 is 4.89. The summed E-state index contributed by atoms with van der Waals surface area (Å²) >= 11 is 0. The zero-order valence-electron chi connectivity index (χ0n) is 5.92. The molecule has 2 unspecified atom stereocenters. The van der Waals surface area contributed by atoms with Gasteiger partial charge in [0.25, 0.3) is 0 Å². The molecule has 0 aromatic carbocycles. The maximum Gasteiger partial charge on any atom is 0.0812 e. The number of hydrogen-bond donors (Lipinski definition) is 1. The van der Waals surface area contributed by atoms with Gasteiger partial charge in [0.05, 0.1) is 12.2 Å². The highest BCUT2D eigenvalue weighted by molar-refractivity contribution is 4.70. The average molecular weight is 129 g/mol. The van der Waals surface area contributed by atoms with E-state index in [1.54, 1.807) is 7.11 Å². The molecule has 0 fully saturated rings. The van der Waals surface area contributed by atoms with Crippen LogP contribution in [0.4, 0.5) is 0 Å². The Kier molecular flexibility index (Phi) is 4.36. The summed E-state index contributed by atoms with van der Waals surface area (Å²) in [4.78, 5) is 0. The number of rotatable bonds is 4. The van der Waals surface area contributed by atoms with E-state index in [4.69, 9.17) is 9.84 Å². The fraction of sp³-hybridized carbons (Fsp3) is 0.714. The van der Waals surface area contributed by atoms with Crippen LogP contribution in [0.25, 0.3) is 0 Å². The smallest absolute Gasteiger partial charge is 0.0812 e. The van der Waals surface area contributed by atoms with Crippen LogP contribution in [-0.2, 0) is 4.74 Å². The van der Waals surface area contributed by atoms with Crippen molar-refractivity contribution < 1.29 is 9.84 Å². The van der Waals surface area contributed by atoms with E-state index in [1.807, 2.05) is 6.92 Å². The number of hydrogen-bond acceptors (Lipinski definition) is 2. The third-order valence-corrected chi connectivity index (χ3v) is 1.19. The van der Waals surface area contributed by atoms with E-state index >= 15 is 0 Å². The van der Waals surface area contributed by atoms with Crippen LogP contribution in [0.15, 0.2) is 6.58 Å². The van der Waals surface area contributed by atoms with Gasteiger partial charge < -0.3 is 9.84 Å². The molecule has 0 heterocycles. The van der Waals surface area contributed by atoms with Crippen molar-refractivity contribution in [2.45, 2.75) is 25.6 Å². The molecule has 0 bridgehead atoms. The van der Waals surface area contributed by atoms with E-state index in [0.29, 0.717) is 6.42 Å². The monoisotopic (exact) mass is 129 g/mol. The van der Waals surface area contributed by atoms with Gasteiger partial charge in [-0.05, 0) is 13.0 Å². The van der Waals surface area contributed by atoms with Gasteiger partial charge in [-0.25, -0.2) is 0 Å². The number of aliphatic hydroxyl groups is 1. The van der Waals surface area contributed by atoms with Gasteiger partial charge in [0.15, 0.2) is 0 Å². The molecule has 0 aliphatic heterocycles. The Morgan fingerprint density at radius 3 is 2.67 bits per heavy atom. The highest BCUT2D eigenvalue weighted by atomic mass is 16.5. The molecule has 0 saturated carbocycles. The molecule has 9 heavy (non-hydrogen) atoms. The molecule has 0 saturated heterocycles. The van der Waals surface area contributed by atoms with Gasteiger partial charge in [0, 0.05) is 13.5 Å². The lowest BCUT2D eigenvalue weighted by molar-refractivity contribution is 0.0706. The maximum atomic E-state index is 8.91. The third-order valence-electron chi connectivity index (χ3n) is 1.19. The minimum atomic E-state index is -0.556. The molecule has 1 radical (unpaired) electrons. The molecule has 0 aliphatic carbocycles. The Bertz CT molecular complexity index is 81.0. The molecule has 2 heteroatoms. The van der Waals surface area contributed by atoms with Crippen LogP contribution >= 0.6 is 0 Å². The first-order chi connectivity index (χ1) is 4.20. The topological polar surface area (TPSA) is 29.5 Å². The Labute approximate surface area is 56.1 Å². The molecule has 1 N–H and O–H groups in total. The number of aliphatic hydroxyl groups excluding tert-OH is 1. The number of ether oxygens (including phenoxy) is 1. The molecule has 0 spiro atoms. The normalized spacial score (nSPS) is 16.8. The van der Waals surface area contributed by atoms with Gasteiger partial charge in [0.1, 0.15) is 0 Å². The Morgan fingerprint density at radius 1 is 1.78 bits per heavy atom. The lowest BCUT2D eigenvalue weighted by Crippen LogP contribution is -2.14. The van der Waals surface area contributed by atoms with Crippen LogP contribution in [0.1, 0.15) is 13.3 Å². The zero-order valence-corrected chi connectivity index (χ0v) is 5.92. The summed E-state index contributed by atoms with van der Waals surface area (Å²) in [6.45, 7) is 5.21. The summed E-state index contributed by atoms with van der Waals surface area (Å²) in [5, 5.41) is 8.91. The Balaban J connectivity index is 3.33. The van der Waals surface area contributed by atoms with Crippen molar-refractivity contribution in [3.8, 4) is 0 Å². The van der Waals surface area contributed by atoms with Crippen LogP contribution in [0, 0.1) is 6.08 Å². The molecule has 0 aromatic rings. The van der Waals surface area contributed by atoms with Gasteiger partial charge in [-0.3, -0.25) is 0 Å². The van der Waals surface area contributed by atoms with Crippen molar-refractivity contribution in [3.63, 3.8) is 0 Å². The minimum Gasteiger partial charge on any atom is -0.388 e. The lowest BCUT2D eigenvalue weighted by atomic mass is 10.2.